The number of nitrogens with zero attached hydrogens (tertiary/aromatic N) is 2. The molecule has 0 unspecified atom stereocenters. The van der Waals surface area contributed by atoms with Gasteiger partial charge in [-0.15, -0.1) is 0 Å². The number of nitrogens with one attached hydrogen (secondary N) is 2. The third-order valence-electron chi connectivity index (χ3n) is 0.566. The monoisotopic (exact) mass is 142 g/mol. The summed E-state index contributed by atoms with van der Waals surface area (Å²) >= 11 is 1.10. The third-order valence-corrected chi connectivity index (χ3v) is 1.11. The summed E-state index contributed by atoms with van der Waals surface area (Å²) in [6, 6.07) is 0. The highest BCUT2D eigenvalue weighted by Crippen LogP contribution is 2.03. The lowest BCUT2D eigenvalue weighted by molar-refractivity contribution is 1.29. The standard InChI is InChI=1S/C3H4N5S/c4-2(5)8-3-6-1-7-9-3/h(H4,4,5,6,7,8). The van der Waals surface area contributed by atoms with Gasteiger partial charge in [0.15, 0.2) is 5.96 Å². The van der Waals surface area contributed by atoms with Crippen LogP contribution in [0.3, 0.4) is 0 Å². The highest BCUT2D eigenvalue weighted by Gasteiger charge is 1.93. The highest BCUT2D eigenvalue weighted by molar-refractivity contribution is 7.09. The van der Waals surface area contributed by atoms with Crippen molar-refractivity contribution >= 4 is 22.6 Å². The van der Waals surface area contributed by atoms with Gasteiger partial charge in [0.2, 0.25) is 11.5 Å². The summed E-state index contributed by atoms with van der Waals surface area (Å²) in [5.74, 6) is -0.139. The molecule has 1 aromatic heterocycles. The Morgan fingerprint density at radius 3 is 3.11 bits per heavy atom. The van der Waals surface area contributed by atoms with E-state index in [1.54, 1.807) is 0 Å². The molecule has 6 heteroatoms. The maximum atomic E-state index is 6.76. The van der Waals surface area contributed by atoms with Crippen molar-refractivity contribution in [2.24, 2.45) is 5.73 Å². The first-order chi connectivity index (χ1) is 4.29. The molecular formula is C3H4N5S. The minimum absolute atomic E-state index is 0.139. The zero-order valence-corrected chi connectivity index (χ0v) is 5.20. The summed E-state index contributed by atoms with van der Waals surface area (Å²) in [5.41, 5.74) is 4.98. The van der Waals surface area contributed by atoms with Gasteiger partial charge in [0, 0.05) is 11.5 Å². The van der Waals surface area contributed by atoms with Crippen molar-refractivity contribution in [2.45, 2.75) is 0 Å². The number of hydrogen-bond acceptors (Lipinski definition) is 4. The Morgan fingerprint density at radius 1 is 1.89 bits per heavy atom. The lowest BCUT2D eigenvalue weighted by atomic mass is 10.9. The van der Waals surface area contributed by atoms with Crippen LogP contribution in [0.4, 0.5) is 5.13 Å². The molecule has 0 saturated carbocycles. The van der Waals surface area contributed by atoms with Crippen LogP contribution in [0.2, 0.25) is 0 Å². The van der Waals surface area contributed by atoms with Crippen LogP contribution in [0, 0.1) is 11.7 Å². The summed E-state index contributed by atoms with van der Waals surface area (Å²) in [6.45, 7) is 0. The maximum Gasteiger partial charge on any atom is 0.213 e. The fraction of sp³-hybridized carbons (Fsp3) is 0. The topological polar surface area (TPSA) is 87.7 Å². The Kier molecular flexibility index (Phi) is 1.59. The predicted octanol–water partition coefficient (Wildman–Crippen LogP) is -0.356. The molecule has 5 nitrogen and oxygen atoms in total. The molecule has 0 aliphatic rings. The molecule has 47 valence electrons. The fourth-order valence-corrected chi connectivity index (χ4v) is 0.721. The van der Waals surface area contributed by atoms with E-state index in [0.29, 0.717) is 5.13 Å². The van der Waals surface area contributed by atoms with Crippen LogP contribution in [0.1, 0.15) is 0 Å². The lowest BCUT2D eigenvalue weighted by Crippen LogP contribution is -2.20. The summed E-state index contributed by atoms with van der Waals surface area (Å²) in [6.07, 6.45) is 2.34. The van der Waals surface area contributed by atoms with Gasteiger partial charge in [0.25, 0.3) is 0 Å². The molecule has 4 N–H and O–H groups in total. The van der Waals surface area contributed by atoms with E-state index < -0.39 is 0 Å². The van der Waals surface area contributed by atoms with Crippen molar-refractivity contribution in [1.82, 2.24) is 9.36 Å². The normalized spacial score (nSPS) is 8.89. The average molecular weight is 142 g/mol. The first-order valence-corrected chi connectivity index (χ1v) is 2.87. The van der Waals surface area contributed by atoms with Crippen LogP contribution in [0.25, 0.3) is 0 Å². The minimum atomic E-state index is -0.139. The zero-order chi connectivity index (χ0) is 6.69. The number of rotatable bonds is 1. The van der Waals surface area contributed by atoms with Crippen molar-refractivity contribution in [3.63, 3.8) is 0 Å². The smallest absolute Gasteiger partial charge is 0.213 e. The van der Waals surface area contributed by atoms with Gasteiger partial charge in [-0.25, -0.2) is 0 Å². The summed E-state index contributed by atoms with van der Waals surface area (Å²) < 4.78 is 3.57. The molecule has 0 atom stereocenters. The van der Waals surface area contributed by atoms with E-state index in [1.807, 2.05) is 0 Å². The van der Waals surface area contributed by atoms with Crippen LogP contribution in [-0.2, 0) is 0 Å². The van der Waals surface area contributed by atoms with Gasteiger partial charge in [-0.2, -0.15) is 9.36 Å². The molecule has 0 aliphatic heterocycles. The average Bonchev–Trinajstić information content (AvgIpc) is 2.15. The van der Waals surface area contributed by atoms with Crippen LogP contribution < -0.4 is 11.1 Å². The lowest BCUT2D eigenvalue weighted by Gasteiger charge is -1.92. The molecule has 0 saturated heterocycles. The van der Waals surface area contributed by atoms with Crippen molar-refractivity contribution < 1.29 is 0 Å². The molecule has 1 rings (SSSR count). The number of anilines is 1. The maximum absolute atomic E-state index is 6.76. The summed E-state index contributed by atoms with van der Waals surface area (Å²) in [5, 5.41) is 9.71. The molecule has 0 amide bonds. The van der Waals surface area contributed by atoms with Gasteiger partial charge in [-0.3, -0.25) is 5.41 Å². The first kappa shape index (κ1) is 5.96. The SMILES string of the molecule is N=C(N)Nc1n[c]ns1. The summed E-state index contributed by atoms with van der Waals surface area (Å²) in [7, 11) is 0. The second-order valence-corrected chi connectivity index (χ2v) is 1.99. The molecule has 1 aromatic rings. The number of hydrogen-bond donors (Lipinski definition) is 3. The third kappa shape index (κ3) is 1.65. The van der Waals surface area contributed by atoms with Gasteiger partial charge >= 0.3 is 0 Å². The van der Waals surface area contributed by atoms with Gasteiger partial charge < -0.3 is 11.1 Å². The Labute approximate surface area is 55.6 Å². The quantitative estimate of drug-likeness (QED) is 0.369. The first-order valence-electron chi connectivity index (χ1n) is 2.10. The van der Waals surface area contributed by atoms with Crippen LogP contribution in [0.5, 0.6) is 0 Å². The van der Waals surface area contributed by atoms with E-state index >= 15 is 0 Å². The fourth-order valence-electron chi connectivity index (χ4n) is 0.316. The van der Waals surface area contributed by atoms with Crippen LogP contribution in [-0.4, -0.2) is 15.3 Å². The zero-order valence-electron chi connectivity index (χ0n) is 4.38. The Morgan fingerprint density at radius 2 is 2.67 bits per heavy atom. The van der Waals surface area contributed by atoms with E-state index in [1.165, 1.54) is 0 Å². The molecule has 0 bridgehead atoms. The van der Waals surface area contributed by atoms with Crippen LogP contribution >= 0.6 is 11.5 Å². The van der Waals surface area contributed by atoms with Crippen LogP contribution in [0.15, 0.2) is 0 Å². The number of nitrogens with two attached hydrogens (primary N) is 1. The highest BCUT2D eigenvalue weighted by atomic mass is 32.1. The van der Waals surface area contributed by atoms with Gasteiger partial charge in [-0.1, -0.05) is 0 Å². The molecule has 1 heterocycles. The van der Waals surface area contributed by atoms with E-state index in [4.69, 9.17) is 11.1 Å². The van der Waals surface area contributed by atoms with Crippen molar-refractivity contribution in [3.8, 4) is 0 Å². The summed E-state index contributed by atoms with van der Waals surface area (Å²) in [4.78, 5) is 3.61. The molecule has 0 spiro atoms. The predicted molar refractivity (Wildman–Crippen MR) is 34.3 cm³/mol. The van der Waals surface area contributed by atoms with E-state index in [0.717, 1.165) is 11.5 Å². The molecule has 0 fully saturated rings. The number of aromatic nitrogens is 2. The minimum Gasteiger partial charge on any atom is -0.370 e. The van der Waals surface area contributed by atoms with Gasteiger partial charge in [0.05, 0.1) is 0 Å². The van der Waals surface area contributed by atoms with Crippen molar-refractivity contribution in [2.75, 3.05) is 5.32 Å². The Hall–Kier alpha value is -1.17. The van der Waals surface area contributed by atoms with Crippen molar-refractivity contribution in [3.05, 3.63) is 6.33 Å². The van der Waals surface area contributed by atoms with Crippen molar-refractivity contribution in [1.29, 1.82) is 5.41 Å². The Balaban J connectivity index is 2.58. The molecule has 0 aliphatic carbocycles. The Bertz CT molecular complexity index is 192. The molecule has 1 radical (unpaired) electrons. The molecule has 9 heavy (non-hydrogen) atoms. The number of guanidine groups is 1. The van der Waals surface area contributed by atoms with Gasteiger partial charge in [-0.05, 0) is 0 Å². The molecular weight excluding hydrogens is 138 g/mol. The largest absolute Gasteiger partial charge is 0.370 e. The van der Waals surface area contributed by atoms with Gasteiger partial charge in [0.1, 0.15) is 0 Å². The second-order valence-electron chi connectivity index (χ2n) is 1.24. The van der Waals surface area contributed by atoms with E-state index in [9.17, 15) is 0 Å². The molecule has 0 aromatic carbocycles. The second kappa shape index (κ2) is 2.40. The van der Waals surface area contributed by atoms with E-state index in [-0.39, 0.29) is 5.96 Å². The van der Waals surface area contributed by atoms with E-state index in [2.05, 4.69) is 21.0 Å².